The third kappa shape index (κ3) is 2.87. The van der Waals surface area contributed by atoms with E-state index in [1.807, 2.05) is 12.1 Å². The maximum Gasteiger partial charge on any atom is 0.137 e. The number of hydrogen-bond acceptors (Lipinski definition) is 2. The first-order valence-electron chi connectivity index (χ1n) is 6.37. The SMILES string of the molecule is CN(Cc1cccc(C(N)=S)c1F)C1CCCC1. The van der Waals surface area contributed by atoms with Crippen molar-refractivity contribution in [1.82, 2.24) is 4.90 Å². The second-order valence-electron chi connectivity index (χ2n) is 5.00. The highest BCUT2D eigenvalue weighted by molar-refractivity contribution is 7.80. The second kappa shape index (κ2) is 5.76. The summed E-state index contributed by atoms with van der Waals surface area (Å²) in [6, 6.07) is 5.84. The summed E-state index contributed by atoms with van der Waals surface area (Å²) >= 11 is 4.85. The summed E-state index contributed by atoms with van der Waals surface area (Å²) in [5, 5.41) is 0. The Morgan fingerprint density at radius 3 is 2.72 bits per heavy atom. The fraction of sp³-hybridized carbons (Fsp3) is 0.500. The minimum absolute atomic E-state index is 0.123. The van der Waals surface area contributed by atoms with Crippen molar-refractivity contribution >= 4 is 17.2 Å². The van der Waals surface area contributed by atoms with Gasteiger partial charge in [-0.1, -0.05) is 37.2 Å². The van der Waals surface area contributed by atoms with Crippen LogP contribution in [0, 0.1) is 5.82 Å². The molecule has 2 rings (SSSR count). The summed E-state index contributed by atoms with van der Waals surface area (Å²) < 4.78 is 14.2. The Bertz CT molecular complexity index is 441. The largest absolute Gasteiger partial charge is 0.389 e. The highest BCUT2D eigenvalue weighted by Crippen LogP contribution is 2.24. The molecule has 0 spiro atoms. The molecule has 1 aromatic carbocycles. The zero-order valence-electron chi connectivity index (χ0n) is 10.7. The van der Waals surface area contributed by atoms with Crippen LogP contribution in [0.4, 0.5) is 4.39 Å². The van der Waals surface area contributed by atoms with Gasteiger partial charge in [-0.2, -0.15) is 0 Å². The van der Waals surface area contributed by atoms with Gasteiger partial charge >= 0.3 is 0 Å². The van der Waals surface area contributed by atoms with Crippen LogP contribution in [-0.4, -0.2) is 23.0 Å². The molecular weight excluding hydrogens is 247 g/mol. The third-order valence-electron chi connectivity index (χ3n) is 3.71. The Hall–Kier alpha value is -1.00. The number of benzene rings is 1. The number of rotatable bonds is 4. The molecule has 0 atom stereocenters. The van der Waals surface area contributed by atoms with Crippen molar-refractivity contribution in [1.29, 1.82) is 0 Å². The van der Waals surface area contributed by atoms with Gasteiger partial charge in [-0.25, -0.2) is 4.39 Å². The van der Waals surface area contributed by atoms with E-state index in [1.165, 1.54) is 25.7 Å². The van der Waals surface area contributed by atoms with E-state index in [4.69, 9.17) is 18.0 Å². The van der Waals surface area contributed by atoms with Crippen molar-refractivity contribution in [3.63, 3.8) is 0 Å². The van der Waals surface area contributed by atoms with Crippen molar-refractivity contribution in [2.75, 3.05) is 7.05 Å². The molecule has 1 aliphatic rings. The van der Waals surface area contributed by atoms with E-state index >= 15 is 0 Å². The van der Waals surface area contributed by atoms with Gasteiger partial charge in [0.2, 0.25) is 0 Å². The standard InChI is InChI=1S/C14H19FN2S/c1-17(11-6-2-3-7-11)9-10-5-4-8-12(13(10)15)14(16)18/h4-5,8,11H,2-3,6-7,9H2,1H3,(H2,16,18). The fourth-order valence-electron chi connectivity index (χ4n) is 2.64. The molecule has 0 saturated heterocycles. The maximum atomic E-state index is 14.2. The van der Waals surface area contributed by atoms with Gasteiger partial charge in [0, 0.05) is 23.7 Å². The predicted octanol–water partition coefficient (Wildman–Crippen LogP) is 2.83. The van der Waals surface area contributed by atoms with Gasteiger partial charge in [-0.15, -0.1) is 0 Å². The van der Waals surface area contributed by atoms with E-state index in [1.54, 1.807) is 6.07 Å². The van der Waals surface area contributed by atoms with E-state index in [0.29, 0.717) is 23.7 Å². The lowest BCUT2D eigenvalue weighted by Gasteiger charge is -2.24. The van der Waals surface area contributed by atoms with Gasteiger partial charge in [0.05, 0.1) is 0 Å². The second-order valence-corrected chi connectivity index (χ2v) is 5.44. The molecule has 0 aromatic heterocycles. The molecule has 0 aliphatic heterocycles. The first-order valence-corrected chi connectivity index (χ1v) is 6.78. The first-order chi connectivity index (χ1) is 8.59. The number of nitrogens with two attached hydrogens (primary N) is 1. The van der Waals surface area contributed by atoms with Gasteiger partial charge in [0.1, 0.15) is 10.8 Å². The molecule has 1 fully saturated rings. The molecule has 18 heavy (non-hydrogen) atoms. The molecule has 2 N–H and O–H groups in total. The summed E-state index contributed by atoms with van der Waals surface area (Å²) in [4.78, 5) is 2.35. The zero-order valence-corrected chi connectivity index (χ0v) is 11.5. The summed E-state index contributed by atoms with van der Waals surface area (Å²) in [7, 11) is 2.06. The molecule has 0 amide bonds. The van der Waals surface area contributed by atoms with Gasteiger partial charge < -0.3 is 5.73 Å². The van der Waals surface area contributed by atoms with Crippen LogP contribution in [0.2, 0.25) is 0 Å². The fourth-order valence-corrected chi connectivity index (χ4v) is 2.79. The Labute approximate surface area is 113 Å². The van der Waals surface area contributed by atoms with E-state index in [2.05, 4.69) is 11.9 Å². The highest BCUT2D eigenvalue weighted by Gasteiger charge is 2.21. The average molecular weight is 266 g/mol. The Morgan fingerprint density at radius 2 is 2.11 bits per heavy atom. The van der Waals surface area contributed by atoms with Crippen LogP contribution in [-0.2, 0) is 6.54 Å². The lowest BCUT2D eigenvalue weighted by molar-refractivity contribution is 0.234. The smallest absolute Gasteiger partial charge is 0.137 e. The molecule has 4 heteroatoms. The third-order valence-corrected chi connectivity index (χ3v) is 3.93. The quantitative estimate of drug-likeness (QED) is 0.850. The summed E-state index contributed by atoms with van der Waals surface area (Å²) in [6.45, 7) is 0.618. The van der Waals surface area contributed by atoms with Crippen molar-refractivity contribution in [2.45, 2.75) is 38.3 Å². The van der Waals surface area contributed by atoms with Crippen LogP contribution in [0.5, 0.6) is 0 Å². The molecule has 0 radical (unpaired) electrons. The number of hydrogen-bond donors (Lipinski definition) is 1. The molecule has 1 saturated carbocycles. The summed E-state index contributed by atoms with van der Waals surface area (Å²) in [5.41, 5.74) is 6.54. The average Bonchev–Trinajstić information content (AvgIpc) is 2.85. The summed E-state index contributed by atoms with van der Waals surface area (Å²) in [5.74, 6) is -0.269. The van der Waals surface area contributed by atoms with Crippen LogP contribution in [0.3, 0.4) is 0 Å². The van der Waals surface area contributed by atoms with Gasteiger partial charge in [0.15, 0.2) is 0 Å². The van der Waals surface area contributed by atoms with E-state index < -0.39 is 0 Å². The first kappa shape index (κ1) is 13.4. The van der Waals surface area contributed by atoms with Crippen LogP contribution in [0.25, 0.3) is 0 Å². The number of halogens is 1. The number of nitrogens with zero attached hydrogens (tertiary/aromatic N) is 1. The van der Waals surface area contributed by atoms with Crippen molar-refractivity contribution in [3.8, 4) is 0 Å². The van der Waals surface area contributed by atoms with Crippen molar-refractivity contribution in [3.05, 3.63) is 35.1 Å². The monoisotopic (exact) mass is 266 g/mol. The molecule has 2 nitrogen and oxygen atoms in total. The van der Waals surface area contributed by atoms with Gasteiger partial charge in [-0.3, -0.25) is 4.90 Å². The number of thiocarbonyl (C=S) groups is 1. The lowest BCUT2D eigenvalue weighted by Crippen LogP contribution is -2.29. The van der Waals surface area contributed by atoms with Crippen LogP contribution in [0.15, 0.2) is 18.2 Å². The predicted molar refractivity (Wildman–Crippen MR) is 76.0 cm³/mol. The van der Waals surface area contributed by atoms with Crippen LogP contribution >= 0.6 is 12.2 Å². The van der Waals surface area contributed by atoms with Gasteiger partial charge in [0.25, 0.3) is 0 Å². The normalized spacial score (nSPS) is 16.4. The maximum absolute atomic E-state index is 14.2. The van der Waals surface area contributed by atoms with Gasteiger partial charge in [-0.05, 0) is 26.0 Å². The van der Waals surface area contributed by atoms with E-state index in [9.17, 15) is 4.39 Å². The topological polar surface area (TPSA) is 29.3 Å². The molecule has 1 aromatic rings. The molecule has 0 heterocycles. The van der Waals surface area contributed by atoms with Crippen LogP contribution in [0.1, 0.15) is 36.8 Å². The van der Waals surface area contributed by atoms with Crippen molar-refractivity contribution < 1.29 is 4.39 Å². The molecule has 0 bridgehead atoms. The Kier molecular flexibility index (Phi) is 4.30. The Morgan fingerprint density at radius 1 is 1.44 bits per heavy atom. The zero-order chi connectivity index (χ0) is 13.1. The molecule has 0 unspecified atom stereocenters. The molecular formula is C14H19FN2S. The highest BCUT2D eigenvalue weighted by atomic mass is 32.1. The van der Waals surface area contributed by atoms with E-state index in [0.717, 1.165) is 0 Å². The molecule has 1 aliphatic carbocycles. The minimum Gasteiger partial charge on any atom is -0.389 e. The van der Waals surface area contributed by atoms with Crippen LogP contribution < -0.4 is 5.73 Å². The van der Waals surface area contributed by atoms with E-state index in [-0.39, 0.29) is 10.8 Å². The Balaban J connectivity index is 2.13. The lowest BCUT2D eigenvalue weighted by atomic mass is 10.1. The summed E-state index contributed by atoms with van der Waals surface area (Å²) in [6.07, 6.45) is 5.00. The molecule has 98 valence electrons. The van der Waals surface area contributed by atoms with Crippen molar-refractivity contribution in [2.24, 2.45) is 5.73 Å². The minimum atomic E-state index is -0.269.